The first-order valence-corrected chi connectivity index (χ1v) is 8.43. The number of urea groups is 1. The average molecular weight is 358 g/mol. The Kier molecular flexibility index (Phi) is 6.72. The molecule has 0 aliphatic rings. The molecule has 2 N–H and O–H groups in total. The molecular formula is C20H26N2O4. The molecule has 6 heteroatoms. The molecule has 140 valence electrons. The summed E-state index contributed by atoms with van der Waals surface area (Å²) < 4.78 is 10.4. The van der Waals surface area contributed by atoms with Gasteiger partial charge in [0.2, 0.25) is 0 Å². The maximum atomic E-state index is 12.3. The Balaban J connectivity index is 1.87. The molecule has 0 atom stereocenters. The number of carbonyl (C=O) groups excluding carboxylic acids is 1. The fraction of sp³-hybridized carbons (Fsp3) is 0.350. The average Bonchev–Trinajstić information content (AvgIpc) is 2.62. The van der Waals surface area contributed by atoms with Gasteiger partial charge in [-0.25, -0.2) is 4.79 Å². The van der Waals surface area contributed by atoms with Crippen LogP contribution in [0.3, 0.4) is 0 Å². The maximum absolute atomic E-state index is 12.3. The number of carbonyl (C=O) groups is 1. The van der Waals surface area contributed by atoms with Crippen LogP contribution in [0, 0.1) is 6.92 Å². The number of aryl methyl sites for hydroxylation is 1. The lowest BCUT2D eigenvalue weighted by Gasteiger charge is -2.19. The number of amides is 2. The molecule has 6 nitrogen and oxygen atoms in total. The van der Waals surface area contributed by atoms with Crippen molar-refractivity contribution < 1.29 is 19.4 Å². The summed E-state index contributed by atoms with van der Waals surface area (Å²) in [5, 5.41) is 12.7. The third kappa shape index (κ3) is 5.05. The first kappa shape index (κ1) is 19.4. The van der Waals surface area contributed by atoms with Gasteiger partial charge in [-0.1, -0.05) is 23.8 Å². The molecule has 2 aromatic carbocycles. The second kappa shape index (κ2) is 8.99. The summed E-state index contributed by atoms with van der Waals surface area (Å²) in [5.41, 5.74) is 3.04. The fourth-order valence-electron chi connectivity index (χ4n) is 2.72. The first-order chi connectivity index (χ1) is 12.4. The van der Waals surface area contributed by atoms with E-state index in [2.05, 4.69) is 11.4 Å². The molecule has 0 fully saturated rings. The molecule has 0 saturated heterocycles. The highest BCUT2D eigenvalue weighted by Crippen LogP contribution is 2.26. The van der Waals surface area contributed by atoms with Crippen molar-refractivity contribution in [2.45, 2.75) is 19.9 Å². The minimum absolute atomic E-state index is 0.0605. The zero-order valence-electron chi connectivity index (χ0n) is 15.7. The van der Waals surface area contributed by atoms with Crippen LogP contribution in [0.2, 0.25) is 0 Å². The molecule has 26 heavy (non-hydrogen) atoms. The van der Waals surface area contributed by atoms with Gasteiger partial charge in [0.15, 0.2) is 11.5 Å². The number of phenols is 1. The summed E-state index contributed by atoms with van der Waals surface area (Å²) in [6.07, 6.45) is 0.688. The number of nitrogens with one attached hydrogen (secondary N) is 1. The Hall–Kier alpha value is -2.89. The number of ether oxygens (including phenoxy) is 2. The van der Waals surface area contributed by atoms with Crippen molar-refractivity contribution >= 4 is 6.03 Å². The smallest absolute Gasteiger partial charge is 0.317 e. The Morgan fingerprint density at radius 3 is 2.46 bits per heavy atom. The molecule has 0 aromatic heterocycles. The topological polar surface area (TPSA) is 71.0 Å². The summed E-state index contributed by atoms with van der Waals surface area (Å²) in [6, 6.07) is 10.9. The van der Waals surface area contributed by atoms with Gasteiger partial charge < -0.3 is 24.8 Å². The van der Waals surface area contributed by atoms with Crippen molar-refractivity contribution in [3.63, 3.8) is 0 Å². The quantitative estimate of drug-likeness (QED) is 0.798. The van der Waals surface area contributed by atoms with Gasteiger partial charge in [-0.3, -0.25) is 0 Å². The van der Waals surface area contributed by atoms with Gasteiger partial charge >= 0.3 is 6.03 Å². The van der Waals surface area contributed by atoms with Gasteiger partial charge in [-0.05, 0) is 42.7 Å². The largest absolute Gasteiger partial charge is 0.504 e. The van der Waals surface area contributed by atoms with Crippen LogP contribution in [-0.4, -0.2) is 43.8 Å². The lowest BCUT2D eigenvalue weighted by atomic mass is 10.1. The van der Waals surface area contributed by atoms with E-state index in [1.807, 2.05) is 25.1 Å². The maximum Gasteiger partial charge on any atom is 0.317 e. The van der Waals surface area contributed by atoms with Crippen molar-refractivity contribution in [1.82, 2.24) is 10.2 Å². The zero-order chi connectivity index (χ0) is 19.1. The summed E-state index contributed by atoms with van der Waals surface area (Å²) in [6.45, 7) is 2.92. The molecule has 0 aliphatic heterocycles. The highest BCUT2D eigenvalue weighted by molar-refractivity contribution is 5.73. The molecule has 0 spiro atoms. The third-order valence-electron chi connectivity index (χ3n) is 4.12. The highest BCUT2D eigenvalue weighted by atomic mass is 16.5. The van der Waals surface area contributed by atoms with Crippen molar-refractivity contribution in [2.75, 3.05) is 27.8 Å². The molecule has 0 bridgehead atoms. The number of rotatable bonds is 7. The molecular weight excluding hydrogens is 332 g/mol. The highest BCUT2D eigenvalue weighted by Gasteiger charge is 2.11. The van der Waals surface area contributed by atoms with E-state index >= 15 is 0 Å². The van der Waals surface area contributed by atoms with Gasteiger partial charge in [-0.15, -0.1) is 0 Å². The van der Waals surface area contributed by atoms with E-state index in [9.17, 15) is 9.90 Å². The molecule has 0 radical (unpaired) electrons. The third-order valence-corrected chi connectivity index (χ3v) is 4.12. The SMILES string of the molecule is COc1ccc(CN(C)C(=O)NCCc2cc(C)ccc2OC)cc1O. The van der Waals surface area contributed by atoms with Crippen LogP contribution in [-0.2, 0) is 13.0 Å². The Bertz CT molecular complexity index is 761. The standard InChI is InChI=1S/C20H26N2O4/c1-14-5-7-18(25-3)16(11-14)9-10-21-20(24)22(2)13-15-6-8-19(26-4)17(23)12-15/h5-8,11-12,23H,9-10,13H2,1-4H3,(H,21,24). The molecule has 0 unspecified atom stereocenters. The number of methoxy groups -OCH3 is 2. The van der Waals surface area contributed by atoms with Gasteiger partial charge in [0, 0.05) is 20.1 Å². The molecule has 2 amide bonds. The van der Waals surface area contributed by atoms with Gasteiger partial charge in [0.25, 0.3) is 0 Å². The number of aromatic hydroxyl groups is 1. The van der Waals surface area contributed by atoms with Crippen LogP contribution in [0.1, 0.15) is 16.7 Å². The van der Waals surface area contributed by atoms with Crippen LogP contribution in [0.15, 0.2) is 36.4 Å². The van der Waals surface area contributed by atoms with Crippen molar-refractivity contribution in [2.24, 2.45) is 0 Å². The van der Waals surface area contributed by atoms with Crippen LogP contribution in [0.5, 0.6) is 17.2 Å². The number of phenolic OH excluding ortho intramolecular Hbond substituents is 1. The Morgan fingerprint density at radius 1 is 1.12 bits per heavy atom. The van der Waals surface area contributed by atoms with Crippen LogP contribution < -0.4 is 14.8 Å². The number of benzene rings is 2. The Labute approximate surface area is 154 Å². The van der Waals surface area contributed by atoms with Gasteiger partial charge in [-0.2, -0.15) is 0 Å². The monoisotopic (exact) mass is 358 g/mol. The Morgan fingerprint density at radius 2 is 1.81 bits per heavy atom. The predicted molar refractivity (Wildman–Crippen MR) is 101 cm³/mol. The van der Waals surface area contributed by atoms with E-state index in [1.54, 1.807) is 31.2 Å². The normalized spacial score (nSPS) is 10.3. The van der Waals surface area contributed by atoms with Crippen LogP contribution in [0.4, 0.5) is 4.79 Å². The van der Waals surface area contributed by atoms with Crippen LogP contribution in [0.25, 0.3) is 0 Å². The molecule has 0 saturated carbocycles. The lowest BCUT2D eigenvalue weighted by Crippen LogP contribution is -2.37. The molecule has 0 aliphatic carbocycles. The predicted octanol–water partition coefficient (Wildman–Crippen LogP) is 3.10. The van der Waals surface area contributed by atoms with Gasteiger partial charge in [0.1, 0.15) is 5.75 Å². The van der Waals surface area contributed by atoms with E-state index in [1.165, 1.54) is 7.11 Å². The summed E-state index contributed by atoms with van der Waals surface area (Å²) in [7, 11) is 4.85. The van der Waals surface area contributed by atoms with Crippen molar-refractivity contribution in [1.29, 1.82) is 0 Å². The summed E-state index contributed by atoms with van der Waals surface area (Å²) in [5.74, 6) is 1.30. The van der Waals surface area contributed by atoms with Crippen LogP contribution >= 0.6 is 0 Å². The summed E-state index contributed by atoms with van der Waals surface area (Å²) in [4.78, 5) is 13.8. The minimum Gasteiger partial charge on any atom is -0.504 e. The minimum atomic E-state index is -0.174. The van der Waals surface area contributed by atoms with E-state index in [-0.39, 0.29) is 11.8 Å². The van der Waals surface area contributed by atoms with E-state index < -0.39 is 0 Å². The van der Waals surface area contributed by atoms with E-state index in [4.69, 9.17) is 9.47 Å². The molecule has 0 heterocycles. The number of hydrogen-bond donors (Lipinski definition) is 2. The first-order valence-electron chi connectivity index (χ1n) is 8.43. The van der Waals surface area contributed by atoms with Crippen molar-refractivity contribution in [3.8, 4) is 17.2 Å². The lowest BCUT2D eigenvalue weighted by molar-refractivity contribution is 0.207. The van der Waals surface area contributed by atoms with E-state index in [0.29, 0.717) is 25.3 Å². The second-order valence-electron chi connectivity index (χ2n) is 6.16. The zero-order valence-corrected chi connectivity index (χ0v) is 15.7. The second-order valence-corrected chi connectivity index (χ2v) is 6.16. The molecule has 2 aromatic rings. The van der Waals surface area contributed by atoms with E-state index in [0.717, 1.165) is 22.4 Å². The van der Waals surface area contributed by atoms with Gasteiger partial charge in [0.05, 0.1) is 14.2 Å². The number of nitrogens with zero attached hydrogens (tertiary/aromatic N) is 1. The number of hydrogen-bond acceptors (Lipinski definition) is 4. The summed E-state index contributed by atoms with van der Waals surface area (Å²) >= 11 is 0. The van der Waals surface area contributed by atoms with Crippen molar-refractivity contribution in [3.05, 3.63) is 53.1 Å². The fourth-order valence-corrected chi connectivity index (χ4v) is 2.72. The molecule has 2 rings (SSSR count).